The highest BCUT2D eigenvalue weighted by atomic mass is 32.1. The Kier molecular flexibility index (Phi) is 4.42. The number of nitrogens with zero attached hydrogens (tertiary/aromatic N) is 3. The number of thiazole rings is 1. The van der Waals surface area contributed by atoms with Gasteiger partial charge in [0.15, 0.2) is 5.13 Å². The predicted octanol–water partition coefficient (Wildman–Crippen LogP) is 2.46. The lowest BCUT2D eigenvalue weighted by molar-refractivity contribution is 0.241. The van der Waals surface area contributed by atoms with Crippen molar-refractivity contribution in [2.24, 2.45) is 5.73 Å². The summed E-state index contributed by atoms with van der Waals surface area (Å²) in [6.07, 6.45) is 1.05. The summed E-state index contributed by atoms with van der Waals surface area (Å²) in [6.45, 7) is 9.57. The van der Waals surface area contributed by atoms with Gasteiger partial charge in [-0.1, -0.05) is 24.3 Å². The van der Waals surface area contributed by atoms with Gasteiger partial charge in [-0.2, -0.15) is 0 Å². The number of anilines is 1. The van der Waals surface area contributed by atoms with Crippen LogP contribution in [0.4, 0.5) is 5.13 Å². The summed E-state index contributed by atoms with van der Waals surface area (Å²) >= 11 is 1.80. The van der Waals surface area contributed by atoms with Crippen molar-refractivity contribution >= 4 is 26.7 Å². The molecule has 1 unspecified atom stereocenters. The van der Waals surface area contributed by atoms with E-state index < -0.39 is 0 Å². The molecule has 3 rings (SSSR count). The third kappa shape index (κ3) is 3.36. The molecule has 0 saturated carbocycles. The van der Waals surface area contributed by atoms with Crippen molar-refractivity contribution < 1.29 is 0 Å². The topological polar surface area (TPSA) is 45.4 Å². The van der Waals surface area contributed by atoms with Crippen LogP contribution >= 0.6 is 11.3 Å². The highest BCUT2D eigenvalue weighted by molar-refractivity contribution is 7.22. The molecule has 1 aromatic heterocycles. The van der Waals surface area contributed by atoms with Crippen LogP contribution in [0.15, 0.2) is 18.2 Å². The van der Waals surface area contributed by atoms with Gasteiger partial charge in [0.1, 0.15) is 0 Å². The van der Waals surface area contributed by atoms with E-state index in [4.69, 9.17) is 10.7 Å². The summed E-state index contributed by atoms with van der Waals surface area (Å²) in [5.41, 5.74) is 8.45. The molecule has 0 spiro atoms. The zero-order valence-corrected chi connectivity index (χ0v) is 13.7. The second kappa shape index (κ2) is 6.30. The van der Waals surface area contributed by atoms with Crippen LogP contribution in [0.5, 0.6) is 0 Å². The Morgan fingerprint density at radius 1 is 1.29 bits per heavy atom. The molecule has 5 heteroatoms. The standard InChI is InChI=1S/C16H24N4S/c1-3-13(17)11-19-6-8-20(9-7-19)16-18-14-10-12(2)4-5-15(14)21-16/h4-5,10,13H,3,6-9,11,17H2,1-2H3. The number of nitrogens with two attached hydrogens (primary N) is 1. The predicted molar refractivity (Wildman–Crippen MR) is 91.3 cm³/mol. The zero-order chi connectivity index (χ0) is 14.8. The van der Waals surface area contributed by atoms with Gasteiger partial charge in [-0.25, -0.2) is 4.98 Å². The lowest BCUT2D eigenvalue weighted by atomic mass is 10.2. The maximum atomic E-state index is 6.05. The van der Waals surface area contributed by atoms with Crippen molar-refractivity contribution in [3.63, 3.8) is 0 Å². The first-order valence-electron chi connectivity index (χ1n) is 7.76. The molecule has 0 radical (unpaired) electrons. The molecule has 0 bridgehead atoms. The number of aryl methyl sites for hydroxylation is 1. The maximum Gasteiger partial charge on any atom is 0.186 e. The van der Waals surface area contributed by atoms with Crippen molar-refractivity contribution in [2.75, 3.05) is 37.6 Å². The monoisotopic (exact) mass is 304 g/mol. The van der Waals surface area contributed by atoms with Crippen LogP contribution in [0.3, 0.4) is 0 Å². The largest absolute Gasteiger partial charge is 0.345 e. The highest BCUT2D eigenvalue weighted by Gasteiger charge is 2.20. The Hall–Kier alpha value is -1.17. The summed E-state index contributed by atoms with van der Waals surface area (Å²) in [5.74, 6) is 0. The second-order valence-corrected chi connectivity index (χ2v) is 6.93. The minimum absolute atomic E-state index is 0.307. The summed E-state index contributed by atoms with van der Waals surface area (Å²) in [4.78, 5) is 9.69. The van der Waals surface area contributed by atoms with Crippen LogP contribution in [0, 0.1) is 6.92 Å². The molecule has 21 heavy (non-hydrogen) atoms. The van der Waals surface area contributed by atoms with Gasteiger partial charge in [0.05, 0.1) is 10.2 Å². The van der Waals surface area contributed by atoms with E-state index in [1.165, 1.54) is 10.3 Å². The van der Waals surface area contributed by atoms with Crippen LogP contribution in [-0.2, 0) is 0 Å². The smallest absolute Gasteiger partial charge is 0.186 e. The molecule has 1 saturated heterocycles. The Balaban J connectivity index is 1.65. The van der Waals surface area contributed by atoms with Crippen LogP contribution in [0.2, 0.25) is 0 Å². The summed E-state index contributed by atoms with van der Waals surface area (Å²) in [6, 6.07) is 6.82. The Labute approximate surface area is 130 Å². The van der Waals surface area contributed by atoms with E-state index in [-0.39, 0.29) is 0 Å². The van der Waals surface area contributed by atoms with Crippen molar-refractivity contribution in [3.8, 4) is 0 Å². The zero-order valence-electron chi connectivity index (χ0n) is 12.9. The fraction of sp³-hybridized carbons (Fsp3) is 0.562. The summed E-state index contributed by atoms with van der Waals surface area (Å²) in [7, 11) is 0. The summed E-state index contributed by atoms with van der Waals surface area (Å²) in [5, 5.41) is 1.16. The molecular formula is C16H24N4S. The van der Waals surface area contributed by atoms with Gasteiger partial charge >= 0.3 is 0 Å². The van der Waals surface area contributed by atoms with E-state index in [0.717, 1.165) is 49.8 Å². The number of hydrogen-bond acceptors (Lipinski definition) is 5. The van der Waals surface area contributed by atoms with Gasteiger partial charge in [-0.05, 0) is 31.0 Å². The highest BCUT2D eigenvalue weighted by Crippen LogP contribution is 2.29. The van der Waals surface area contributed by atoms with Gasteiger partial charge in [-0.15, -0.1) is 0 Å². The number of rotatable bonds is 4. The molecule has 114 valence electrons. The average Bonchev–Trinajstić information content (AvgIpc) is 2.90. The molecule has 4 nitrogen and oxygen atoms in total. The number of hydrogen-bond donors (Lipinski definition) is 1. The Bertz CT molecular complexity index is 601. The fourth-order valence-electron chi connectivity index (χ4n) is 2.74. The molecule has 2 aromatic rings. The molecule has 1 aliphatic heterocycles. The summed E-state index contributed by atoms with van der Waals surface area (Å²) < 4.78 is 1.28. The van der Waals surface area contributed by atoms with E-state index in [2.05, 4.69) is 41.8 Å². The van der Waals surface area contributed by atoms with Crippen molar-refractivity contribution in [2.45, 2.75) is 26.3 Å². The fourth-order valence-corrected chi connectivity index (χ4v) is 3.74. The van der Waals surface area contributed by atoms with Gasteiger partial charge < -0.3 is 10.6 Å². The van der Waals surface area contributed by atoms with E-state index in [1.807, 2.05) is 0 Å². The van der Waals surface area contributed by atoms with Crippen molar-refractivity contribution in [3.05, 3.63) is 23.8 Å². The van der Waals surface area contributed by atoms with E-state index in [1.54, 1.807) is 11.3 Å². The quantitative estimate of drug-likeness (QED) is 0.942. The lowest BCUT2D eigenvalue weighted by Gasteiger charge is -2.35. The van der Waals surface area contributed by atoms with Crippen LogP contribution < -0.4 is 10.6 Å². The van der Waals surface area contributed by atoms with E-state index in [0.29, 0.717) is 6.04 Å². The third-order valence-corrected chi connectivity index (χ3v) is 5.29. The first-order valence-corrected chi connectivity index (χ1v) is 8.57. The first kappa shape index (κ1) is 14.8. The number of fused-ring (bicyclic) bond motifs is 1. The third-order valence-electron chi connectivity index (χ3n) is 4.19. The number of aromatic nitrogens is 1. The SMILES string of the molecule is CCC(N)CN1CCN(c2nc3cc(C)ccc3s2)CC1. The normalized spacial score (nSPS) is 18.3. The van der Waals surface area contributed by atoms with Crippen LogP contribution in [0.1, 0.15) is 18.9 Å². The average molecular weight is 304 g/mol. The molecule has 1 aromatic carbocycles. The van der Waals surface area contributed by atoms with Gasteiger partial charge in [0.2, 0.25) is 0 Å². The molecule has 1 fully saturated rings. The minimum atomic E-state index is 0.307. The molecule has 1 atom stereocenters. The number of benzene rings is 1. The Morgan fingerprint density at radius 3 is 2.76 bits per heavy atom. The van der Waals surface area contributed by atoms with Gasteiger partial charge in [0.25, 0.3) is 0 Å². The van der Waals surface area contributed by atoms with Crippen LogP contribution in [0.25, 0.3) is 10.2 Å². The molecule has 2 N–H and O–H groups in total. The molecule has 1 aliphatic rings. The van der Waals surface area contributed by atoms with E-state index in [9.17, 15) is 0 Å². The minimum Gasteiger partial charge on any atom is -0.345 e. The van der Waals surface area contributed by atoms with Crippen molar-refractivity contribution in [1.29, 1.82) is 0 Å². The molecular weight excluding hydrogens is 280 g/mol. The van der Waals surface area contributed by atoms with Crippen LogP contribution in [-0.4, -0.2) is 48.6 Å². The lowest BCUT2D eigenvalue weighted by Crippen LogP contribution is -2.49. The number of piperazine rings is 1. The van der Waals surface area contributed by atoms with Gasteiger partial charge in [0, 0.05) is 38.8 Å². The van der Waals surface area contributed by atoms with Crippen molar-refractivity contribution in [1.82, 2.24) is 9.88 Å². The molecule has 0 aliphatic carbocycles. The maximum absolute atomic E-state index is 6.05. The molecule has 0 amide bonds. The Morgan fingerprint density at radius 2 is 2.05 bits per heavy atom. The second-order valence-electron chi connectivity index (χ2n) is 5.92. The van der Waals surface area contributed by atoms with E-state index >= 15 is 0 Å². The first-order chi connectivity index (χ1) is 10.2. The van der Waals surface area contributed by atoms with Gasteiger partial charge in [-0.3, -0.25) is 4.90 Å². The molecule has 2 heterocycles.